The largest absolute Gasteiger partial charge is 0.462 e. The molecule has 1 N–H and O–H groups in total. The predicted molar refractivity (Wildman–Crippen MR) is 51.7 cm³/mol. The van der Waals surface area contributed by atoms with Gasteiger partial charge < -0.3 is 24.1 Å². The zero-order valence-electron chi connectivity index (χ0n) is 9.14. The van der Waals surface area contributed by atoms with Crippen LogP contribution in [0.3, 0.4) is 0 Å². The molecule has 0 saturated heterocycles. The number of aliphatic hydroxyl groups excluding tert-OH is 1. The Kier molecular flexibility index (Phi) is 9.58. The van der Waals surface area contributed by atoms with Gasteiger partial charge in [-0.3, -0.25) is 0 Å². The van der Waals surface area contributed by atoms with E-state index in [1.807, 2.05) is 0 Å². The Labute approximate surface area is 93.2 Å². The minimum absolute atomic E-state index is 0.0609. The normalized spacial score (nSPS) is 9.88. The topological polar surface area (TPSA) is 91.3 Å². The Bertz CT molecular complexity index is 204. The maximum Gasteiger partial charge on any atom is 0.332 e. The number of ether oxygens (including phenoxy) is 4. The molecule has 0 saturated carbocycles. The maximum atomic E-state index is 10.8. The summed E-state index contributed by atoms with van der Waals surface area (Å²) in [6.07, 6.45) is 0. The van der Waals surface area contributed by atoms with E-state index in [1.54, 1.807) is 0 Å². The van der Waals surface area contributed by atoms with Gasteiger partial charge >= 0.3 is 11.9 Å². The summed E-state index contributed by atoms with van der Waals surface area (Å²) in [6.45, 7) is -0.149. The molecular weight excluding hydrogens is 220 g/mol. The first-order chi connectivity index (χ1) is 7.70. The van der Waals surface area contributed by atoms with Crippen molar-refractivity contribution < 1.29 is 33.6 Å². The van der Waals surface area contributed by atoms with Crippen molar-refractivity contribution in [3.63, 3.8) is 0 Å². The fraction of sp³-hybridized carbons (Fsp3) is 0.778. The molecule has 0 aromatic rings. The van der Waals surface area contributed by atoms with E-state index in [9.17, 15) is 9.59 Å². The van der Waals surface area contributed by atoms with Crippen LogP contribution in [0.4, 0.5) is 0 Å². The van der Waals surface area contributed by atoms with Gasteiger partial charge in [-0.05, 0) is 0 Å². The van der Waals surface area contributed by atoms with Crippen molar-refractivity contribution in [2.75, 3.05) is 46.8 Å². The van der Waals surface area contributed by atoms with E-state index in [4.69, 9.17) is 14.6 Å². The molecule has 0 radical (unpaired) electrons. The third-order valence-corrected chi connectivity index (χ3v) is 1.37. The van der Waals surface area contributed by atoms with Crippen LogP contribution < -0.4 is 0 Å². The summed E-state index contributed by atoms with van der Waals surface area (Å²) in [5, 5.41) is 8.30. The molecule has 7 heteroatoms. The van der Waals surface area contributed by atoms with E-state index in [2.05, 4.69) is 9.47 Å². The molecule has 0 atom stereocenters. The lowest BCUT2D eigenvalue weighted by atomic mass is 10.7. The highest BCUT2D eigenvalue weighted by Gasteiger charge is 2.01. The highest BCUT2D eigenvalue weighted by molar-refractivity contribution is 5.70. The molecule has 94 valence electrons. The zero-order chi connectivity index (χ0) is 12.2. The fourth-order valence-corrected chi connectivity index (χ4v) is 0.736. The Morgan fingerprint density at radius 2 is 1.56 bits per heavy atom. The van der Waals surface area contributed by atoms with Crippen molar-refractivity contribution in [1.82, 2.24) is 0 Å². The number of hydrogen-bond acceptors (Lipinski definition) is 7. The fourth-order valence-electron chi connectivity index (χ4n) is 0.736. The van der Waals surface area contributed by atoms with Gasteiger partial charge in [-0.15, -0.1) is 0 Å². The molecule has 0 amide bonds. The van der Waals surface area contributed by atoms with E-state index < -0.39 is 18.5 Å². The summed E-state index contributed by atoms with van der Waals surface area (Å²) in [5.41, 5.74) is 0. The van der Waals surface area contributed by atoms with Crippen molar-refractivity contribution in [2.45, 2.75) is 0 Å². The van der Waals surface area contributed by atoms with Gasteiger partial charge in [0.05, 0.1) is 13.2 Å². The molecule has 0 bridgehead atoms. The van der Waals surface area contributed by atoms with Gasteiger partial charge in [0.15, 0.2) is 0 Å². The van der Waals surface area contributed by atoms with Crippen LogP contribution in [-0.2, 0) is 28.5 Å². The van der Waals surface area contributed by atoms with Crippen molar-refractivity contribution in [1.29, 1.82) is 0 Å². The van der Waals surface area contributed by atoms with Crippen LogP contribution in [-0.4, -0.2) is 63.8 Å². The van der Waals surface area contributed by atoms with Crippen molar-refractivity contribution in [3.8, 4) is 0 Å². The molecule has 0 spiro atoms. The molecule has 0 aliphatic carbocycles. The summed E-state index contributed by atoms with van der Waals surface area (Å²) in [4.78, 5) is 21.2. The Hall–Kier alpha value is -1.18. The quantitative estimate of drug-likeness (QED) is 0.394. The summed E-state index contributed by atoms with van der Waals surface area (Å²) < 4.78 is 18.7. The number of carbonyl (C=O) groups is 2. The summed E-state index contributed by atoms with van der Waals surface area (Å²) in [5.74, 6) is -1.16. The third kappa shape index (κ3) is 9.38. The molecule has 0 aromatic heterocycles. The van der Waals surface area contributed by atoms with Gasteiger partial charge in [0.1, 0.15) is 26.4 Å². The van der Waals surface area contributed by atoms with E-state index >= 15 is 0 Å². The monoisotopic (exact) mass is 236 g/mol. The summed E-state index contributed by atoms with van der Waals surface area (Å²) in [7, 11) is 1.40. The Balaban J connectivity index is 3.15. The first-order valence-corrected chi connectivity index (χ1v) is 4.69. The van der Waals surface area contributed by atoms with Crippen LogP contribution in [0, 0.1) is 0 Å². The van der Waals surface area contributed by atoms with Crippen LogP contribution in [0.25, 0.3) is 0 Å². The van der Waals surface area contributed by atoms with Crippen LogP contribution in [0.5, 0.6) is 0 Å². The van der Waals surface area contributed by atoms with Gasteiger partial charge in [0.2, 0.25) is 0 Å². The number of aliphatic hydroxyl groups is 1. The number of esters is 2. The highest BCUT2D eigenvalue weighted by atomic mass is 16.6. The number of methoxy groups -OCH3 is 1. The summed E-state index contributed by atoms with van der Waals surface area (Å²) >= 11 is 0. The number of rotatable bonds is 9. The van der Waals surface area contributed by atoms with Crippen molar-refractivity contribution in [3.05, 3.63) is 0 Å². The zero-order valence-corrected chi connectivity index (χ0v) is 9.14. The lowest BCUT2D eigenvalue weighted by Crippen LogP contribution is -2.17. The summed E-state index contributed by atoms with van der Waals surface area (Å²) in [6, 6.07) is 0. The van der Waals surface area contributed by atoms with E-state index in [0.29, 0.717) is 0 Å². The Morgan fingerprint density at radius 3 is 2.06 bits per heavy atom. The van der Waals surface area contributed by atoms with E-state index in [-0.39, 0.29) is 33.0 Å². The van der Waals surface area contributed by atoms with Gasteiger partial charge in [-0.1, -0.05) is 0 Å². The van der Waals surface area contributed by atoms with E-state index in [0.717, 1.165) is 0 Å². The first-order valence-electron chi connectivity index (χ1n) is 4.69. The molecule has 0 aliphatic heterocycles. The molecule has 0 unspecified atom stereocenters. The second kappa shape index (κ2) is 10.3. The third-order valence-electron chi connectivity index (χ3n) is 1.37. The second-order valence-corrected chi connectivity index (χ2v) is 2.64. The standard InChI is InChI=1S/C9H16O7/c1-13-7-9(12)16-5-3-14-2-4-15-8(11)6-10/h10H,2-7H2,1H3. The van der Waals surface area contributed by atoms with Gasteiger partial charge in [-0.2, -0.15) is 0 Å². The van der Waals surface area contributed by atoms with Crippen molar-refractivity contribution in [2.24, 2.45) is 0 Å². The average molecular weight is 236 g/mol. The van der Waals surface area contributed by atoms with Gasteiger partial charge in [0, 0.05) is 7.11 Å². The smallest absolute Gasteiger partial charge is 0.332 e. The molecule has 0 heterocycles. The minimum atomic E-state index is -0.699. The molecule has 0 rings (SSSR count). The van der Waals surface area contributed by atoms with Crippen LogP contribution in [0.2, 0.25) is 0 Å². The minimum Gasteiger partial charge on any atom is -0.462 e. The molecule has 0 fully saturated rings. The van der Waals surface area contributed by atoms with Crippen LogP contribution in [0.1, 0.15) is 0 Å². The molecule has 7 nitrogen and oxygen atoms in total. The lowest BCUT2D eigenvalue weighted by Gasteiger charge is -2.06. The molecular formula is C9H16O7. The number of hydrogen-bond donors (Lipinski definition) is 1. The lowest BCUT2D eigenvalue weighted by molar-refractivity contribution is -0.150. The van der Waals surface area contributed by atoms with Crippen LogP contribution in [0.15, 0.2) is 0 Å². The maximum absolute atomic E-state index is 10.8. The average Bonchev–Trinajstić information content (AvgIpc) is 2.27. The van der Waals surface area contributed by atoms with Gasteiger partial charge in [-0.25, -0.2) is 9.59 Å². The van der Waals surface area contributed by atoms with Crippen LogP contribution >= 0.6 is 0 Å². The SMILES string of the molecule is COCC(=O)OCCOCCOC(=O)CO. The highest BCUT2D eigenvalue weighted by Crippen LogP contribution is 1.83. The van der Waals surface area contributed by atoms with E-state index in [1.165, 1.54) is 7.11 Å². The van der Waals surface area contributed by atoms with Crippen molar-refractivity contribution >= 4 is 11.9 Å². The predicted octanol–water partition coefficient (Wildman–Crippen LogP) is -1.27. The first kappa shape index (κ1) is 14.8. The molecule has 0 aliphatic rings. The molecule has 0 aromatic carbocycles. The van der Waals surface area contributed by atoms with Gasteiger partial charge in [0.25, 0.3) is 0 Å². The number of carbonyl (C=O) groups excluding carboxylic acids is 2. The molecule has 16 heavy (non-hydrogen) atoms. The Morgan fingerprint density at radius 1 is 1.00 bits per heavy atom. The second-order valence-electron chi connectivity index (χ2n) is 2.64.